The summed E-state index contributed by atoms with van der Waals surface area (Å²) in [6, 6.07) is 0.171. The zero-order chi connectivity index (χ0) is 12.7. The Kier molecular flexibility index (Phi) is 6.72. The van der Waals surface area contributed by atoms with E-state index >= 15 is 0 Å². The predicted octanol–water partition coefficient (Wildman–Crippen LogP) is 0.696. The molecule has 5 heteroatoms. The molecule has 94 valence electrons. The van der Waals surface area contributed by atoms with Crippen LogP contribution in [0.1, 0.15) is 34.1 Å². The summed E-state index contributed by atoms with van der Waals surface area (Å²) >= 11 is 0. The third-order valence-electron chi connectivity index (χ3n) is 2.46. The average molecular weight is 230 g/mol. The Bertz CT molecular complexity index is 241. The number of carbonyl (C=O) groups excluding carboxylic acids is 1. The van der Waals surface area contributed by atoms with E-state index in [1.165, 1.54) is 4.90 Å². The fraction of sp³-hybridized carbons (Fsp3) is 0.818. The first-order valence-corrected chi connectivity index (χ1v) is 5.63. The van der Waals surface area contributed by atoms with Gasteiger partial charge in [-0.25, -0.2) is 0 Å². The number of hydrogen-bond acceptors (Lipinski definition) is 3. The van der Waals surface area contributed by atoms with Crippen LogP contribution >= 0.6 is 0 Å². The molecular formula is C11H22N2O3. The molecule has 2 N–H and O–H groups in total. The topological polar surface area (TPSA) is 69.6 Å². The summed E-state index contributed by atoms with van der Waals surface area (Å²) in [5.74, 6) is -1.15. The Morgan fingerprint density at radius 2 is 1.88 bits per heavy atom. The molecule has 0 bridgehead atoms. The molecule has 0 saturated carbocycles. The third kappa shape index (κ3) is 5.70. The Hall–Kier alpha value is -1.10. The number of nitrogens with one attached hydrogen (secondary N) is 1. The molecule has 5 nitrogen and oxygen atoms in total. The molecule has 0 fully saturated rings. The zero-order valence-electron chi connectivity index (χ0n) is 10.5. The lowest BCUT2D eigenvalue weighted by Crippen LogP contribution is -2.46. The maximum absolute atomic E-state index is 11.7. The molecule has 0 radical (unpaired) electrons. The van der Waals surface area contributed by atoms with Crippen LogP contribution in [0.25, 0.3) is 0 Å². The van der Waals surface area contributed by atoms with Crippen molar-refractivity contribution in [2.24, 2.45) is 0 Å². The molecule has 0 aromatic carbocycles. The molecule has 0 heterocycles. The second-order valence-corrected chi connectivity index (χ2v) is 4.20. The molecule has 0 saturated heterocycles. The van der Waals surface area contributed by atoms with Gasteiger partial charge in [0.25, 0.3) is 0 Å². The Morgan fingerprint density at radius 3 is 2.25 bits per heavy atom. The summed E-state index contributed by atoms with van der Waals surface area (Å²) in [4.78, 5) is 23.7. The molecule has 16 heavy (non-hydrogen) atoms. The molecule has 0 aliphatic heterocycles. The first-order valence-electron chi connectivity index (χ1n) is 5.63. The largest absolute Gasteiger partial charge is 0.480 e. The predicted molar refractivity (Wildman–Crippen MR) is 62.2 cm³/mol. The quantitative estimate of drug-likeness (QED) is 0.675. The minimum atomic E-state index is -0.981. The molecular weight excluding hydrogens is 208 g/mol. The van der Waals surface area contributed by atoms with Crippen LogP contribution in [0.2, 0.25) is 0 Å². The lowest BCUT2D eigenvalue weighted by atomic mass is 10.2. The second-order valence-electron chi connectivity index (χ2n) is 4.20. The Labute approximate surface area is 96.8 Å². The van der Waals surface area contributed by atoms with Crippen LogP contribution in [0.15, 0.2) is 0 Å². The summed E-state index contributed by atoms with van der Waals surface area (Å²) in [5.41, 5.74) is 0. The molecule has 1 amide bonds. The summed E-state index contributed by atoms with van der Waals surface area (Å²) in [5, 5.41) is 11.7. The van der Waals surface area contributed by atoms with Gasteiger partial charge in [0.05, 0.1) is 6.54 Å². The highest BCUT2D eigenvalue weighted by Crippen LogP contribution is 1.99. The maximum Gasteiger partial charge on any atom is 0.323 e. The number of rotatable bonds is 7. The van der Waals surface area contributed by atoms with Gasteiger partial charge < -0.3 is 15.3 Å². The van der Waals surface area contributed by atoms with Gasteiger partial charge in [-0.3, -0.25) is 9.59 Å². The normalized spacial score (nSPS) is 12.6. The summed E-state index contributed by atoms with van der Waals surface area (Å²) in [6.45, 7) is 7.59. The van der Waals surface area contributed by atoms with Crippen molar-refractivity contribution in [3.05, 3.63) is 0 Å². The highest BCUT2D eigenvalue weighted by atomic mass is 16.4. The van der Waals surface area contributed by atoms with Gasteiger partial charge in [-0.2, -0.15) is 0 Å². The van der Waals surface area contributed by atoms with Crippen LogP contribution in [0.5, 0.6) is 0 Å². The van der Waals surface area contributed by atoms with Crippen LogP contribution in [0.3, 0.4) is 0 Å². The highest BCUT2D eigenvalue weighted by Gasteiger charge is 2.19. The van der Waals surface area contributed by atoms with Crippen LogP contribution in [-0.4, -0.2) is 47.1 Å². The van der Waals surface area contributed by atoms with Crippen LogP contribution in [0, 0.1) is 0 Å². The molecule has 0 aliphatic rings. The average Bonchev–Trinajstić information content (AvgIpc) is 2.21. The van der Waals surface area contributed by atoms with E-state index in [-0.39, 0.29) is 31.1 Å². The van der Waals surface area contributed by atoms with Crippen molar-refractivity contribution in [1.82, 2.24) is 10.2 Å². The molecule has 1 atom stereocenters. The van der Waals surface area contributed by atoms with E-state index in [1.54, 1.807) is 0 Å². The molecule has 0 aliphatic carbocycles. The summed E-state index contributed by atoms with van der Waals surface area (Å²) in [6.07, 6.45) is 0.938. The van der Waals surface area contributed by atoms with Gasteiger partial charge in [0, 0.05) is 12.1 Å². The van der Waals surface area contributed by atoms with E-state index in [9.17, 15) is 9.59 Å². The van der Waals surface area contributed by atoms with E-state index < -0.39 is 5.97 Å². The number of carboxylic acids is 1. The standard InChI is InChI=1S/C11H22N2O3/c1-5-9(4)12-6-10(14)13(8(2)3)7-11(15)16/h8-9,12H,5-7H2,1-4H3,(H,15,16). The highest BCUT2D eigenvalue weighted by molar-refractivity contribution is 5.83. The number of aliphatic carboxylic acids is 1. The van der Waals surface area contributed by atoms with E-state index in [2.05, 4.69) is 5.32 Å². The Morgan fingerprint density at radius 1 is 1.31 bits per heavy atom. The number of carbonyl (C=O) groups is 2. The molecule has 0 aromatic heterocycles. The number of hydrogen-bond donors (Lipinski definition) is 2. The fourth-order valence-corrected chi connectivity index (χ4v) is 1.21. The van der Waals surface area contributed by atoms with Gasteiger partial charge in [-0.15, -0.1) is 0 Å². The lowest BCUT2D eigenvalue weighted by molar-refractivity contribution is -0.145. The minimum absolute atomic E-state index is 0.0951. The second kappa shape index (κ2) is 7.22. The van der Waals surface area contributed by atoms with Crippen molar-refractivity contribution in [2.75, 3.05) is 13.1 Å². The van der Waals surface area contributed by atoms with E-state index in [1.807, 2.05) is 27.7 Å². The smallest absolute Gasteiger partial charge is 0.323 e. The van der Waals surface area contributed by atoms with Crippen LogP contribution < -0.4 is 5.32 Å². The SMILES string of the molecule is CCC(C)NCC(=O)N(CC(=O)O)C(C)C. The first kappa shape index (κ1) is 14.9. The fourth-order valence-electron chi connectivity index (χ4n) is 1.21. The van der Waals surface area contributed by atoms with Gasteiger partial charge in [0.2, 0.25) is 5.91 Å². The lowest BCUT2D eigenvalue weighted by Gasteiger charge is -2.25. The molecule has 1 unspecified atom stereocenters. The summed E-state index contributed by atoms with van der Waals surface area (Å²) in [7, 11) is 0. The van der Waals surface area contributed by atoms with Crippen LogP contribution in [-0.2, 0) is 9.59 Å². The van der Waals surface area contributed by atoms with Gasteiger partial charge in [0.1, 0.15) is 6.54 Å². The van der Waals surface area contributed by atoms with Gasteiger partial charge >= 0.3 is 5.97 Å². The van der Waals surface area contributed by atoms with E-state index in [0.717, 1.165) is 6.42 Å². The van der Waals surface area contributed by atoms with Crippen molar-refractivity contribution < 1.29 is 14.7 Å². The third-order valence-corrected chi connectivity index (χ3v) is 2.46. The van der Waals surface area contributed by atoms with E-state index in [4.69, 9.17) is 5.11 Å². The van der Waals surface area contributed by atoms with Gasteiger partial charge in [-0.1, -0.05) is 6.92 Å². The minimum Gasteiger partial charge on any atom is -0.480 e. The van der Waals surface area contributed by atoms with Crippen molar-refractivity contribution in [2.45, 2.75) is 46.2 Å². The zero-order valence-corrected chi connectivity index (χ0v) is 10.5. The summed E-state index contributed by atoms with van der Waals surface area (Å²) < 4.78 is 0. The monoisotopic (exact) mass is 230 g/mol. The van der Waals surface area contributed by atoms with Gasteiger partial charge in [0.15, 0.2) is 0 Å². The van der Waals surface area contributed by atoms with E-state index in [0.29, 0.717) is 0 Å². The van der Waals surface area contributed by atoms with Crippen molar-refractivity contribution in [3.8, 4) is 0 Å². The molecule has 0 rings (SSSR count). The molecule has 0 spiro atoms. The van der Waals surface area contributed by atoms with Crippen molar-refractivity contribution in [1.29, 1.82) is 0 Å². The van der Waals surface area contributed by atoms with Crippen molar-refractivity contribution >= 4 is 11.9 Å². The molecule has 0 aromatic rings. The van der Waals surface area contributed by atoms with Crippen molar-refractivity contribution in [3.63, 3.8) is 0 Å². The number of nitrogens with zero attached hydrogens (tertiary/aromatic N) is 1. The first-order chi connectivity index (χ1) is 7.38. The maximum atomic E-state index is 11.7. The Balaban J connectivity index is 4.22. The number of carboxylic acid groups (broad SMARTS) is 1. The van der Waals surface area contributed by atoms with Crippen LogP contribution in [0.4, 0.5) is 0 Å². The number of amides is 1. The van der Waals surface area contributed by atoms with Gasteiger partial charge in [-0.05, 0) is 27.2 Å².